The molecule has 1 fully saturated rings. The lowest BCUT2D eigenvalue weighted by atomic mass is 9.89. The van der Waals surface area contributed by atoms with Crippen LogP contribution in [0.25, 0.3) is 0 Å². The molecule has 0 unspecified atom stereocenters. The second-order valence-electron chi connectivity index (χ2n) is 4.18. The van der Waals surface area contributed by atoms with E-state index in [9.17, 15) is 8.42 Å². The molecule has 4 nitrogen and oxygen atoms in total. The quantitative estimate of drug-likeness (QED) is 0.656. The van der Waals surface area contributed by atoms with Gasteiger partial charge < -0.3 is 10.1 Å². The van der Waals surface area contributed by atoms with Gasteiger partial charge in [0, 0.05) is 18.9 Å². The third-order valence-corrected chi connectivity index (χ3v) is 3.65. The van der Waals surface area contributed by atoms with Crippen LogP contribution in [0.15, 0.2) is 0 Å². The fraction of sp³-hybridized carbons (Fsp3) is 1.00. The molecule has 5 heteroatoms. The molecule has 0 atom stereocenters. The number of rotatable bonds is 7. The van der Waals surface area contributed by atoms with E-state index < -0.39 is 9.84 Å². The predicted octanol–water partition coefficient (Wildman–Crippen LogP) is 0.578. The topological polar surface area (TPSA) is 55.4 Å². The first kappa shape index (κ1) is 12.9. The highest BCUT2D eigenvalue weighted by molar-refractivity contribution is 7.90. The van der Waals surface area contributed by atoms with Gasteiger partial charge in [-0.15, -0.1) is 0 Å². The van der Waals surface area contributed by atoms with E-state index in [1.807, 2.05) is 6.92 Å². The Kier molecular flexibility index (Phi) is 5.02. The van der Waals surface area contributed by atoms with Crippen LogP contribution in [0.2, 0.25) is 0 Å². The van der Waals surface area contributed by atoms with Gasteiger partial charge in [-0.05, 0) is 32.7 Å². The highest BCUT2D eigenvalue weighted by atomic mass is 32.2. The van der Waals surface area contributed by atoms with Crippen molar-refractivity contribution >= 4 is 9.84 Å². The molecule has 1 aliphatic rings. The molecule has 0 amide bonds. The predicted molar refractivity (Wildman–Crippen MR) is 60.8 cm³/mol. The molecule has 0 aromatic heterocycles. The summed E-state index contributed by atoms with van der Waals surface area (Å²) in [6.45, 7) is 3.58. The van der Waals surface area contributed by atoms with Crippen LogP contribution in [0.1, 0.15) is 26.2 Å². The third-order valence-electron chi connectivity index (χ3n) is 2.62. The average Bonchev–Trinajstić information content (AvgIpc) is 2.05. The molecule has 0 heterocycles. The maximum absolute atomic E-state index is 10.8. The van der Waals surface area contributed by atoms with E-state index in [2.05, 4.69) is 5.32 Å². The van der Waals surface area contributed by atoms with E-state index in [1.54, 1.807) is 0 Å². The minimum absolute atomic E-state index is 0.279. The minimum atomic E-state index is -2.79. The van der Waals surface area contributed by atoms with Crippen molar-refractivity contribution < 1.29 is 13.2 Å². The Morgan fingerprint density at radius 2 is 2.07 bits per heavy atom. The SMILES string of the molecule is CCOC1CC(NCCCS(C)(=O)=O)C1. The Morgan fingerprint density at radius 1 is 1.40 bits per heavy atom. The summed E-state index contributed by atoms with van der Waals surface area (Å²) in [4.78, 5) is 0. The monoisotopic (exact) mass is 235 g/mol. The number of nitrogens with one attached hydrogen (secondary N) is 1. The number of sulfone groups is 1. The zero-order valence-corrected chi connectivity index (χ0v) is 10.3. The lowest BCUT2D eigenvalue weighted by molar-refractivity contribution is -0.00965. The zero-order valence-electron chi connectivity index (χ0n) is 9.53. The van der Waals surface area contributed by atoms with Crippen molar-refractivity contribution in [3.63, 3.8) is 0 Å². The Labute approximate surface area is 92.3 Å². The number of hydrogen-bond acceptors (Lipinski definition) is 4. The minimum Gasteiger partial charge on any atom is -0.378 e. The molecule has 0 aliphatic heterocycles. The average molecular weight is 235 g/mol. The highest BCUT2D eigenvalue weighted by Crippen LogP contribution is 2.22. The summed E-state index contributed by atoms with van der Waals surface area (Å²) in [5, 5.41) is 3.34. The number of hydrogen-bond donors (Lipinski definition) is 1. The van der Waals surface area contributed by atoms with Crippen LogP contribution in [0.3, 0.4) is 0 Å². The van der Waals surface area contributed by atoms with Crippen molar-refractivity contribution in [2.75, 3.05) is 25.2 Å². The fourth-order valence-corrected chi connectivity index (χ4v) is 2.41. The van der Waals surface area contributed by atoms with Gasteiger partial charge in [-0.1, -0.05) is 0 Å². The van der Waals surface area contributed by atoms with Crippen LogP contribution in [0.5, 0.6) is 0 Å². The summed E-state index contributed by atoms with van der Waals surface area (Å²) in [6, 6.07) is 0.529. The molecule has 90 valence electrons. The zero-order chi connectivity index (χ0) is 11.3. The molecule has 1 N–H and O–H groups in total. The summed E-state index contributed by atoms with van der Waals surface area (Å²) in [6.07, 6.45) is 4.53. The van der Waals surface area contributed by atoms with Crippen molar-refractivity contribution in [1.29, 1.82) is 0 Å². The molecule has 1 rings (SSSR count). The number of ether oxygens (including phenoxy) is 1. The van der Waals surface area contributed by atoms with Crippen LogP contribution in [0.4, 0.5) is 0 Å². The van der Waals surface area contributed by atoms with E-state index in [4.69, 9.17) is 4.74 Å². The van der Waals surface area contributed by atoms with Gasteiger partial charge in [0.15, 0.2) is 0 Å². The van der Waals surface area contributed by atoms with Crippen LogP contribution in [-0.2, 0) is 14.6 Å². The van der Waals surface area contributed by atoms with Gasteiger partial charge in [-0.2, -0.15) is 0 Å². The molecular formula is C10H21NO3S. The lowest BCUT2D eigenvalue weighted by Crippen LogP contribution is -2.45. The molecule has 0 radical (unpaired) electrons. The molecule has 0 spiro atoms. The van der Waals surface area contributed by atoms with E-state index in [1.165, 1.54) is 6.26 Å². The third kappa shape index (κ3) is 5.49. The van der Waals surface area contributed by atoms with Crippen molar-refractivity contribution in [3.8, 4) is 0 Å². The largest absolute Gasteiger partial charge is 0.378 e. The highest BCUT2D eigenvalue weighted by Gasteiger charge is 2.28. The fourth-order valence-electron chi connectivity index (χ4n) is 1.74. The van der Waals surface area contributed by atoms with Crippen LogP contribution in [-0.4, -0.2) is 45.7 Å². The second-order valence-corrected chi connectivity index (χ2v) is 6.44. The summed E-state index contributed by atoms with van der Waals surface area (Å²) in [5.41, 5.74) is 0. The van der Waals surface area contributed by atoms with Gasteiger partial charge >= 0.3 is 0 Å². The maximum atomic E-state index is 10.8. The Morgan fingerprint density at radius 3 is 2.60 bits per heavy atom. The van der Waals surface area contributed by atoms with Gasteiger partial charge in [0.25, 0.3) is 0 Å². The summed E-state index contributed by atoms with van der Waals surface area (Å²) in [7, 11) is -2.79. The van der Waals surface area contributed by atoms with Gasteiger partial charge in [-0.3, -0.25) is 0 Å². The van der Waals surface area contributed by atoms with Crippen LogP contribution in [0, 0.1) is 0 Å². The van der Waals surface area contributed by atoms with Gasteiger partial charge in [0.1, 0.15) is 9.84 Å². The van der Waals surface area contributed by atoms with E-state index in [0.29, 0.717) is 18.6 Å². The first-order valence-electron chi connectivity index (χ1n) is 5.54. The summed E-state index contributed by atoms with van der Waals surface area (Å²) >= 11 is 0. The standard InChI is InChI=1S/C10H21NO3S/c1-3-14-10-7-9(8-10)11-5-4-6-15(2,12)13/h9-11H,3-8H2,1-2H3. The van der Waals surface area contributed by atoms with E-state index >= 15 is 0 Å². The lowest BCUT2D eigenvalue weighted by Gasteiger charge is -2.35. The molecule has 1 aliphatic carbocycles. The molecule has 0 aromatic carbocycles. The molecule has 0 bridgehead atoms. The van der Waals surface area contributed by atoms with E-state index in [0.717, 1.165) is 26.0 Å². The maximum Gasteiger partial charge on any atom is 0.147 e. The second kappa shape index (κ2) is 5.82. The van der Waals surface area contributed by atoms with Gasteiger partial charge in [-0.25, -0.2) is 8.42 Å². The first-order valence-corrected chi connectivity index (χ1v) is 7.60. The summed E-state index contributed by atoms with van der Waals surface area (Å²) < 4.78 is 27.1. The Balaban J connectivity index is 1.95. The smallest absolute Gasteiger partial charge is 0.147 e. The molecular weight excluding hydrogens is 214 g/mol. The molecule has 1 saturated carbocycles. The van der Waals surface area contributed by atoms with Crippen LogP contribution >= 0.6 is 0 Å². The van der Waals surface area contributed by atoms with Crippen LogP contribution < -0.4 is 5.32 Å². The van der Waals surface area contributed by atoms with Crippen molar-refractivity contribution in [2.45, 2.75) is 38.3 Å². The normalized spacial score (nSPS) is 26.3. The van der Waals surface area contributed by atoms with Crippen molar-refractivity contribution in [1.82, 2.24) is 5.32 Å². The first-order chi connectivity index (χ1) is 7.01. The van der Waals surface area contributed by atoms with Gasteiger partial charge in [0.05, 0.1) is 11.9 Å². The van der Waals surface area contributed by atoms with Crippen molar-refractivity contribution in [2.24, 2.45) is 0 Å². The summed E-state index contributed by atoms with van der Waals surface area (Å²) in [5.74, 6) is 0.279. The Hall–Kier alpha value is -0.130. The molecule has 15 heavy (non-hydrogen) atoms. The van der Waals surface area contributed by atoms with Gasteiger partial charge in [0.2, 0.25) is 0 Å². The molecule has 0 saturated heterocycles. The van der Waals surface area contributed by atoms with E-state index in [-0.39, 0.29) is 5.75 Å². The van der Waals surface area contributed by atoms with Crippen molar-refractivity contribution in [3.05, 3.63) is 0 Å². The molecule has 0 aromatic rings. The Bertz CT molecular complexity index is 270.